The minimum absolute atomic E-state index is 0.650. The second kappa shape index (κ2) is 4.02. The maximum atomic E-state index is 5.72. The lowest BCUT2D eigenvalue weighted by Crippen LogP contribution is -2.01. The van der Waals surface area contributed by atoms with Crippen LogP contribution in [-0.4, -0.2) is 6.54 Å². The van der Waals surface area contributed by atoms with E-state index in [0.717, 1.165) is 5.69 Å². The van der Waals surface area contributed by atoms with Crippen LogP contribution >= 0.6 is 11.6 Å². The Morgan fingerprint density at radius 1 is 1.58 bits per heavy atom. The third-order valence-corrected chi connectivity index (χ3v) is 1.69. The summed E-state index contributed by atoms with van der Waals surface area (Å²) in [4.78, 5) is 0. The molecule has 0 saturated heterocycles. The molecule has 0 aliphatic heterocycles. The van der Waals surface area contributed by atoms with Gasteiger partial charge in [0.2, 0.25) is 0 Å². The average Bonchev–Trinajstić information content (AvgIpc) is 2.03. The summed E-state index contributed by atoms with van der Waals surface area (Å²) in [7, 11) is 0. The molecule has 64 valence electrons. The molecule has 0 aliphatic rings. The summed E-state index contributed by atoms with van der Waals surface area (Å²) in [5.41, 5.74) is 7.23. The molecule has 0 aromatic heterocycles. The highest BCUT2D eigenvalue weighted by Crippen LogP contribution is 2.22. The molecule has 0 aliphatic carbocycles. The zero-order valence-electron chi connectivity index (χ0n) is 6.68. The number of benzene rings is 1. The molecule has 3 N–H and O–H groups in total. The van der Waals surface area contributed by atoms with Crippen molar-refractivity contribution in [3.63, 3.8) is 0 Å². The molecule has 1 rings (SSSR count). The Labute approximate surface area is 77.0 Å². The zero-order chi connectivity index (χ0) is 8.97. The lowest BCUT2D eigenvalue weighted by atomic mass is 10.2. The lowest BCUT2D eigenvalue weighted by molar-refractivity contribution is 1.34. The van der Waals surface area contributed by atoms with Crippen molar-refractivity contribution in [3.8, 4) is 0 Å². The summed E-state index contributed by atoms with van der Waals surface area (Å²) < 4.78 is 0. The van der Waals surface area contributed by atoms with Gasteiger partial charge in [-0.15, -0.1) is 6.58 Å². The Morgan fingerprint density at radius 2 is 2.33 bits per heavy atom. The molecule has 0 heterocycles. The summed E-state index contributed by atoms with van der Waals surface area (Å²) in [6, 6.07) is 5.36. The number of halogens is 1. The largest absolute Gasteiger partial charge is 0.397 e. The topological polar surface area (TPSA) is 38.0 Å². The molecule has 0 amide bonds. The fourth-order valence-electron chi connectivity index (χ4n) is 0.877. The SMILES string of the molecule is C=CCNc1ccc(Cl)cc1N. The van der Waals surface area contributed by atoms with Crippen LogP contribution in [0.3, 0.4) is 0 Å². The monoisotopic (exact) mass is 182 g/mol. The number of nitrogens with one attached hydrogen (secondary N) is 1. The van der Waals surface area contributed by atoms with E-state index in [4.69, 9.17) is 17.3 Å². The molecule has 2 nitrogen and oxygen atoms in total. The van der Waals surface area contributed by atoms with Crippen molar-refractivity contribution in [2.75, 3.05) is 17.6 Å². The van der Waals surface area contributed by atoms with Crippen LogP contribution < -0.4 is 11.1 Å². The number of nitrogens with two attached hydrogens (primary N) is 1. The molecular weight excluding hydrogens is 172 g/mol. The minimum Gasteiger partial charge on any atom is -0.397 e. The standard InChI is InChI=1S/C9H11ClN2/c1-2-5-12-9-4-3-7(10)6-8(9)11/h2-4,6,12H,1,5,11H2. The normalized spacial score (nSPS) is 9.42. The van der Waals surface area contributed by atoms with Crippen LogP contribution in [0.2, 0.25) is 5.02 Å². The van der Waals surface area contributed by atoms with Crippen LogP contribution in [0.1, 0.15) is 0 Å². The highest BCUT2D eigenvalue weighted by molar-refractivity contribution is 6.31. The smallest absolute Gasteiger partial charge is 0.0577 e. The fourth-order valence-corrected chi connectivity index (χ4v) is 1.06. The third kappa shape index (κ3) is 2.17. The predicted molar refractivity (Wildman–Crippen MR) is 54.6 cm³/mol. The van der Waals surface area contributed by atoms with Gasteiger partial charge in [0.05, 0.1) is 11.4 Å². The molecule has 0 unspecified atom stereocenters. The van der Waals surface area contributed by atoms with Crippen LogP contribution in [0, 0.1) is 0 Å². The highest BCUT2D eigenvalue weighted by Gasteiger charge is 1.96. The Morgan fingerprint density at radius 3 is 2.92 bits per heavy atom. The van der Waals surface area contributed by atoms with E-state index in [2.05, 4.69) is 11.9 Å². The highest BCUT2D eigenvalue weighted by atomic mass is 35.5. The van der Waals surface area contributed by atoms with Crippen molar-refractivity contribution >= 4 is 23.0 Å². The summed E-state index contributed by atoms with van der Waals surface area (Å²) >= 11 is 5.72. The van der Waals surface area contributed by atoms with Crippen LogP contribution in [-0.2, 0) is 0 Å². The van der Waals surface area contributed by atoms with Gasteiger partial charge in [-0.1, -0.05) is 17.7 Å². The van der Waals surface area contributed by atoms with Gasteiger partial charge in [-0.2, -0.15) is 0 Å². The first-order chi connectivity index (χ1) is 5.74. The van der Waals surface area contributed by atoms with Crippen molar-refractivity contribution in [2.45, 2.75) is 0 Å². The lowest BCUT2D eigenvalue weighted by Gasteiger charge is -2.06. The van der Waals surface area contributed by atoms with E-state index in [1.54, 1.807) is 18.2 Å². The average molecular weight is 183 g/mol. The van der Waals surface area contributed by atoms with Gasteiger partial charge in [-0.3, -0.25) is 0 Å². The minimum atomic E-state index is 0.650. The Bertz CT molecular complexity index is 284. The van der Waals surface area contributed by atoms with Crippen molar-refractivity contribution in [3.05, 3.63) is 35.9 Å². The second-order valence-corrected chi connectivity index (χ2v) is 2.84. The van der Waals surface area contributed by atoms with Gasteiger partial charge >= 0.3 is 0 Å². The van der Waals surface area contributed by atoms with E-state index in [1.165, 1.54) is 0 Å². The van der Waals surface area contributed by atoms with Crippen LogP contribution in [0.25, 0.3) is 0 Å². The molecule has 1 aromatic rings. The van der Waals surface area contributed by atoms with Crippen molar-refractivity contribution < 1.29 is 0 Å². The molecular formula is C9H11ClN2. The molecule has 0 fully saturated rings. The summed E-state index contributed by atoms with van der Waals surface area (Å²) in [5, 5.41) is 3.74. The van der Waals surface area contributed by atoms with Crippen molar-refractivity contribution in [1.29, 1.82) is 0 Å². The number of nitrogen functional groups attached to an aromatic ring is 1. The number of hydrogen-bond acceptors (Lipinski definition) is 2. The number of rotatable bonds is 3. The first-order valence-corrected chi connectivity index (χ1v) is 4.01. The molecule has 0 bridgehead atoms. The van der Waals surface area contributed by atoms with E-state index < -0.39 is 0 Å². The Kier molecular flexibility index (Phi) is 3.00. The van der Waals surface area contributed by atoms with E-state index in [-0.39, 0.29) is 0 Å². The van der Waals surface area contributed by atoms with Gasteiger partial charge in [0.15, 0.2) is 0 Å². The summed E-state index contributed by atoms with van der Waals surface area (Å²) in [5.74, 6) is 0. The van der Waals surface area contributed by atoms with Crippen molar-refractivity contribution in [2.24, 2.45) is 0 Å². The molecule has 1 aromatic carbocycles. The maximum absolute atomic E-state index is 5.72. The van der Waals surface area contributed by atoms with E-state index in [1.807, 2.05) is 6.07 Å². The van der Waals surface area contributed by atoms with E-state index in [0.29, 0.717) is 17.3 Å². The molecule has 0 spiro atoms. The van der Waals surface area contributed by atoms with Gasteiger partial charge < -0.3 is 11.1 Å². The Hall–Kier alpha value is -1.15. The predicted octanol–water partition coefficient (Wildman–Crippen LogP) is 2.52. The number of anilines is 2. The van der Waals surface area contributed by atoms with Gasteiger partial charge in [0.1, 0.15) is 0 Å². The van der Waals surface area contributed by atoms with Gasteiger partial charge in [-0.05, 0) is 18.2 Å². The number of hydrogen-bond donors (Lipinski definition) is 2. The molecule has 0 saturated carbocycles. The quantitative estimate of drug-likeness (QED) is 0.557. The van der Waals surface area contributed by atoms with Gasteiger partial charge in [-0.25, -0.2) is 0 Å². The van der Waals surface area contributed by atoms with Gasteiger partial charge in [0.25, 0.3) is 0 Å². The molecule has 0 atom stereocenters. The second-order valence-electron chi connectivity index (χ2n) is 2.40. The van der Waals surface area contributed by atoms with Crippen molar-refractivity contribution in [1.82, 2.24) is 0 Å². The first-order valence-electron chi connectivity index (χ1n) is 3.64. The van der Waals surface area contributed by atoms with E-state index >= 15 is 0 Å². The van der Waals surface area contributed by atoms with Gasteiger partial charge in [0, 0.05) is 11.6 Å². The van der Waals surface area contributed by atoms with Crippen LogP contribution in [0.5, 0.6) is 0 Å². The van der Waals surface area contributed by atoms with Crippen LogP contribution in [0.15, 0.2) is 30.9 Å². The maximum Gasteiger partial charge on any atom is 0.0577 e. The molecule has 12 heavy (non-hydrogen) atoms. The summed E-state index contributed by atoms with van der Waals surface area (Å²) in [6.07, 6.45) is 1.77. The molecule has 0 radical (unpaired) electrons. The summed E-state index contributed by atoms with van der Waals surface area (Å²) in [6.45, 7) is 4.29. The Balaban J connectivity index is 2.78. The fraction of sp³-hybridized carbons (Fsp3) is 0.111. The molecule has 3 heteroatoms. The van der Waals surface area contributed by atoms with Crippen LogP contribution in [0.4, 0.5) is 11.4 Å². The van der Waals surface area contributed by atoms with E-state index in [9.17, 15) is 0 Å². The third-order valence-electron chi connectivity index (χ3n) is 1.45. The zero-order valence-corrected chi connectivity index (χ0v) is 7.43. The first kappa shape index (κ1) is 8.94.